The number of halogens is 1. The molecule has 4 nitrogen and oxygen atoms in total. The number of aryl methyl sites for hydroxylation is 1. The van der Waals surface area contributed by atoms with Crippen molar-refractivity contribution in [3.8, 4) is 17.1 Å². The predicted molar refractivity (Wildman–Crippen MR) is 71.5 cm³/mol. The average Bonchev–Trinajstić information content (AvgIpc) is 2.77. The summed E-state index contributed by atoms with van der Waals surface area (Å²) in [6.45, 7) is 5.05. The van der Waals surface area contributed by atoms with Crippen molar-refractivity contribution in [1.82, 2.24) is 8.75 Å². The predicted octanol–water partition coefficient (Wildman–Crippen LogP) is -0.541. The quantitative estimate of drug-likeness (QED) is 0.508. The van der Waals surface area contributed by atoms with E-state index in [4.69, 9.17) is 4.74 Å². The van der Waals surface area contributed by atoms with Gasteiger partial charge in [-0.3, -0.25) is 0 Å². The number of ether oxygens (including phenoxy) is 1. The topological polar surface area (TPSA) is 38.9 Å². The maximum absolute atomic E-state index is 5.71. The van der Waals surface area contributed by atoms with Crippen LogP contribution in [0, 0.1) is 5.92 Å². The summed E-state index contributed by atoms with van der Waals surface area (Å²) >= 11 is 1.19. The van der Waals surface area contributed by atoms with E-state index in [0.717, 1.165) is 17.7 Å². The first-order chi connectivity index (χ1) is 8.66. The number of nitrogens with zero attached hydrogens (tertiary/aromatic N) is 3. The second-order valence-corrected chi connectivity index (χ2v) is 5.24. The van der Waals surface area contributed by atoms with E-state index < -0.39 is 0 Å². The third-order valence-electron chi connectivity index (χ3n) is 2.61. The molecular weight excluding hydrogens is 373 g/mol. The SMILES string of the molecule is CC(C)CCOc1nsnc1-c1ccc[n+](C)c1.[I-]. The fraction of sp³-hybridized carbons (Fsp3) is 0.462. The molecule has 0 aliphatic heterocycles. The van der Waals surface area contributed by atoms with Gasteiger partial charge in [0.05, 0.1) is 23.9 Å². The van der Waals surface area contributed by atoms with Crippen LogP contribution in [0.15, 0.2) is 24.5 Å². The van der Waals surface area contributed by atoms with Crippen molar-refractivity contribution in [3.05, 3.63) is 24.5 Å². The van der Waals surface area contributed by atoms with Crippen molar-refractivity contribution < 1.29 is 33.3 Å². The standard InChI is InChI=1S/C13H18N3OS.HI/c1-10(2)6-8-17-13-12(14-18-15-13)11-5-4-7-16(3)9-11;/h4-5,7,9-10H,6,8H2,1-3H3;1H/q+1;/p-1. The van der Waals surface area contributed by atoms with Crippen LogP contribution in [0.4, 0.5) is 0 Å². The monoisotopic (exact) mass is 391 g/mol. The highest BCUT2D eigenvalue weighted by molar-refractivity contribution is 6.99. The second-order valence-electron chi connectivity index (χ2n) is 4.71. The van der Waals surface area contributed by atoms with Crippen LogP contribution in [-0.4, -0.2) is 15.4 Å². The number of rotatable bonds is 5. The molecule has 0 aliphatic rings. The van der Waals surface area contributed by atoms with Crippen molar-refractivity contribution >= 4 is 11.7 Å². The Morgan fingerprint density at radius 3 is 2.84 bits per heavy atom. The minimum absolute atomic E-state index is 0. The Morgan fingerprint density at radius 1 is 1.37 bits per heavy atom. The molecule has 0 N–H and O–H groups in total. The maximum atomic E-state index is 5.71. The highest BCUT2D eigenvalue weighted by Gasteiger charge is 2.14. The van der Waals surface area contributed by atoms with Crippen LogP contribution in [0.3, 0.4) is 0 Å². The van der Waals surface area contributed by atoms with Crippen LogP contribution in [-0.2, 0) is 7.05 Å². The Morgan fingerprint density at radius 2 is 2.16 bits per heavy atom. The zero-order valence-corrected chi connectivity index (χ0v) is 14.3. The normalized spacial score (nSPS) is 10.3. The summed E-state index contributed by atoms with van der Waals surface area (Å²) in [5.41, 5.74) is 1.87. The average molecular weight is 391 g/mol. The number of aromatic nitrogens is 3. The molecule has 2 aromatic rings. The van der Waals surface area contributed by atoms with Crippen LogP contribution < -0.4 is 33.3 Å². The third-order valence-corrected chi connectivity index (χ3v) is 3.12. The van der Waals surface area contributed by atoms with Gasteiger partial charge in [0.2, 0.25) is 0 Å². The van der Waals surface area contributed by atoms with Gasteiger partial charge in [-0.2, -0.15) is 4.37 Å². The second kappa shape index (κ2) is 7.74. The number of hydrogen-bond donors (Lipinski definition) is 0. The zero-order chi connectivity index (χ0) is 13.0. The molecule has 0 saturated heterocycles. The summed E-state index contributed by atoms with van der Waals surface area (Å²) in [7, 11) is 1.99. The lowest BCUT2D eigenvalue weighted by molar-refractivity contribution is -0.671. The van der Waals surface area contributed by atoms with Gasteiger partial charge in [0, 0.05) is 6.07 Å². The molecule has 2 rings (SSSR count). The molecule has 0 radical (unpaired) electrons. The molecule has 2 heterocycles. The smallest absolute Gasteiger partial charge is 0.254 e. The van der Waals surface area contributed by atoms with Crippen molar-refractivity contribution in [2.45, 2.75) is 20.3 Å². The molecule has 0 bridgehead atoms. The van der Waals surface area contributed by atoms with Gasteiger partial charge >= 0.3 is 0 Å². The van der Waals surface area contributed by atoms with E-state index >= 15 is 0 Å². The molecule has 104 valence electrons. The molecule has 0 unspecified atom stereocenters. The lowest BCUT2D eigenvalue weighted by Gasteiger charge is -2.06. The van der Waals surface area contributed by atoms with Gasteiger partial charge in [-0.25, -0.2) is 4.57 Å². The van der Waals surface area contributed by atoms with E-state index in [1.54, 1.807) is 0 Å². The Bertz CT molecular complexity index is 516. The van der Waals surface area contributed by atoms with Crippen LogP contribution in [0.1, 0.15) is 20.3 Å². The Balaban J connectivity index is 0.00000180. The molecule has 2 aromatic heterocycles. The lowest BCUT2D eigenvalue weighted by atomic mass is 10.1. The van der Waals surface area contributed by atoms with E-state index in [0.29, 0.717) is 18.4 Å². The third kappa shape index (κ3) is 4.68. The van der Waals surface area contributed by atoms with Gasteiger partial charge in [-0.05, 0) is 18.4 Å². The first-order valence-electron chi connectivity index (χ1n) is 6.08. The van der Waals surface area contributed by atoms with Crippen molar-refractivity contribution in [3.63, 3.8) is 0 Å². The largest absolute Gasteiger partial charge is 1.00 e. The molecule has 6 heteroatoms. The van der Waals surface area contributed by atoms with Crippen LogP contribution in [0.25, 0.3) is 11.3 Å². The van der Waals surface area contributed by atoms with Crippen molar-refractivity contribution in [2.75, 3.05) is 6.61 Å². The minimum Gasteiger partial charge on any atom is -1.00 e. The summed E-state index contributed by atoms with van der Waals surface area (Å²) in [6, 6.07) is 4.01. The van der Waals surface area contributed by atoms with Gasteiger partial charge in [-0.1, -0.05) is 13.8 Å². The summed E-state index contributed by atoms with van der Waals surface area (Å²) in [5, 5.41) is 0. The van der Waals surface area contributed by atoms with E-state index in [1.165, 1.54) is 11.7 Å². The molecule has 0 atom stereocenters. The molecule has 0 aromatic carbocycles. The fourth-order valence-electron chi connectivity index (χ4n) is 1.57. The van der Waals surface area contributed by atoms with Gasteiger partial charge in [0.15, 0.2) is 18.1 Å². The molecule has 0 aliphatic carbocycles. The molecule has 0 spiro atoms. The van der Waals surface area contributed by atoms with Gasteiger partial charge in [-0.15, -0.1) is 4.37 Å². The maximum Gasteiger partial charge on any atom is 0.254 e. The van der Waals surface area contributed by atoms with E-state index in [-0.39, 0.29) is 24.0 Å². The minimum atomic E-state index is 0. The molecule has 0 amide bonds. The summed E-state index contributed by atoms with van der Waals surface area (Å²) in [5.74, 6) is 1.28. The highest BCUT2D eigenvalue weighted by Crippen LogP contribution is 2.26. The zero-order valence-electron chi connectivity index (χ0n) is 11.3. The summed E-state index contributed by atoms with van der Waals surface area (Å²) in [6.07, 6.45) is 5.04. The van der Waals surface area contributed by atoms with Crippen LogP contribution in [0.2, 0.25) is 0 Å². The van der Waals surface area contributed by atoms with Crippen LogP contribution >= 0.6 is 11.7 Å². The highest BCUT2D eigenvalue weighted by atomic mass is 127. The van der Waals surface area contributed by atoms with Gasteiger partial charge < -0.3 is 28.7 Å². The summed E-state index contributed by atoms with van der Waals surface area (Å²) < 4.78 is 16.2. The van der Waals surface area contributed by atoms with Crippen LogP contribution in [0.5, 0.6) is 5.88 Å². The molecule has 0 saturated carbocycles. The number of hydrogen-bond acceptors (Lipinski definition) is 4. The van der Waals surface area contributed by atoms with E-state index in [2.05, 4.69) is 22.6 Å². The van der Waals surface area contributed by atoms with Gasteiger partial charge in [0.25, 0.3) is 5.88 Å². The Labute approximate surface area is 135 Å². The van der Waals surface area contributed by atoms with Gasteiger partial charge in [0.1, 0.15) is 7.05 Å². The van der Waals surface area contributed by atoms with Crippen molar-refractivity contribution in [2.24, 2.45) is 13.0 Å². The molecular formula is C13H18IN3OS. The van der Waals surface area contributed by atoms with E-state index in [1.807, 2.05) is 36.1 Å². The fourth-order valence-corrected chi connectivity index (χ4v) is 2.09. The molecule has 19 heavy (non-hydrogen) atoms. The van der Waals surface area contributed by atoms with E-state index in [9.17, 15) is 0 Å². The molecule has 0 fully saturated rings. The first kappa shape index (κ1) is 16.3. The summed E-state index contributed by atoms with van der Waals surface area (Å²) in [4.78, 5) is 0. The van der Waals surface area contributed by atoms with Crippen molar-refractivity contribution in [1.29, 1.82) is 0 Å². The Kier molecular flexibility index (Phi) is 6.64. The number of pyridine rings is 1. The first-order valence-corrected chi connectivity index (χ1v) is 6.81. The lowest BCUT2D eigenvalue weighted by Crippen LogP contribution is -3.00. The Hall–Kier alpha value is -0.760.